The third-order valence-corrected chi connectivity index (χ3v) is 4.88. The molecule has 1 aliphatic rings. The fourth-order valence-electron chi connectivity index (χ4n) is 3.35. The monoisotopic (exact) mass is 500 g/mol. The Labute approximate surface area is 182 Å². The number of hydrogen-bond acceptors (Lipinski definition) is 2. The van der Waals surface area contributed by atoms with E-state index in [0.717, 1.165) is 38.0 Å². The molecule has 1 aliphatic heterocycles. The molecule has 7 heteroatoms. The summed E-state index contributed by atoms with van der Waals surface area (Å²) in [5.74, 6) is -0.341. The fraction of sp³-hybridized carbons (Fsp3) is 0.381. The smallest absolute Gasteiger partial charge is 0.191 e. The van der Waals surface area contributed by atoms with Gasteiger partial charge in [-0.3, -0.25) is 4.99 Å². The molecule has 0 saturated carbocycles. The molecule has 0 bridgehead atoms. The van der Waals surface area contributed by atoms with Gasteiger partial charge in [0.05, 0.1) is 0 Å². The quantitative estimate of drug-likeness (QED) is 0.371. The molecule has 2 aromatic rings. The molecule has 1 heterocycles. The lowest BCUT2D eigenvalue weighted by atomic mass is 10.0. The summed E-state index contributed by atoms with van der Waals surface area (Å²) >= 11 is 0. The van der Waals surface area contributed by atoms with Gasteiger partial charge in [-0.2, -0.15) is 0 Å². The molecule has 0 atom stereocenters. The zero-order chi connectivity index (χ0) is 19.1. The Morgan fingerprint density at radius 2 is 1.82 bits per heavy atom. The molecule has 1 saturated heterocycles. The van der Waals surface area contributed by atoms with E-state index < -0.39 is 11.6 Å². The highest BCUT2D eigenvalue weighted by Crippen LogP contribution is 2.19. The van der Waals surface area contributed by atoms with Crippen LogP contribution in [0.4, 0.5) is 14.5 Å². The van der Waals surface area contributed by atoms with Crippen LogP contribution in [0.25, 0.3) is 0 Å². The number of aliphatic imine (C=N–C) groups is 1. The second-order valence-corrected chi connectivity index (χ2v) is 6.73. The van der Waals surface area contributed by atoms with Crippen LogP contribution >= 0.6 is 24.0 Å². The Hall–Kier alpha value is -1.90. The lowest BCUT2D eigenvalue weighted by molar-refractivity contribution is 0.461. The molecule has 28 heavy (non-hydrogen) atoms. The van der Waals surface area contributed by atoms with Gasteiger partial charge in [-0.15, -0.1) is 24.0 Å². The predicted molar refractivity (Wildman–Crippen MR) is 122 cm³/mol. The molecule has 0 amide bonds. The van der Waals surface area contributed by atoms with Crippen LogP contribution in [0.1, 0.15) is 18.4 Å². The third-order valence-electron chi connectivity index (χ3n) is 4.88. The van der Waals surface area contributed by atoms with Crippen molar-refractivity contribution < 1.29 is 8.78 Å². The first-order chi connectivity index (χ1) is 13.2. The van der Waals surface area contributed by atoms with Crippen LogP contribution in [0.5, 0.6) is 0 Å². The highest BCUT2D eigenvalue weighted by atomic mass is 127. The number of nitrogens with one attached hydrogen (secondary N) is 2. The number of para-hydroxylation sites is 1. The van der Waals surface area contributed by atoms with Crippen molar-refractivity contribution in [3.05, 3.63) is 65.7 Å². The highest BCUT2D eigenvalue weighted by molar-refractivity contribution is 14.0. The van der Waals surface area contributed by atoms with Gasteiger partial charge in [-0.05, 0) is 43.0 Å². The SMILES string of the molecule is CN=C(NCCc1ccc(F)cc1F)NC1CCN(c2ccccc2)CC1.I. The highest BCUT2D eigenvalue weighted by Gasteiger charge is 2.20. The minimum absolute atomic E-state index is 0. The predicted octanol–water partition coefficient (Wildman–Crippen LogP) is 3.96. The maximum absolute atomic E-state index is 13.7. The molecule has 0 aliphatic carbocycles. The summed E-state index contributed by atoms with van der Waals surface area (Å²) in [6.07, 6.45) is 2.53. The van der Waals surface area contributed by atoms with Crippen molar-refractivity contribution in [2.45, 2.75) is 25.3 Å². The summed E-state index contributed by atoms with van der Waals surface area (Å²) in [4.78, 5) is 6.65. The Morgan fingerprint density at radius 3 is 2.46 bits per heavy atom. The Balaban J connectivity index is 0.00000280. The summed E-state index contributed by atoms with van der Waals surface area (Å²) in [6.45, 7) is 2.53. The van der Waals surface area contributed by atoms with Crippen LogP contribution in [-0.2, 0) is 6.42 Å². The van der Waals surface area contributed by atoms with E-state index in [4.69, 9.17) is 0 Å². The van der Waals surface area contributed by atoms with E-state index in [1.807, 2.05) is 6.07 Å². The standard InChI is InChI=1S/C21H26F2N4.HI/c1-24-21(25-12-9-16-7-8-17(22)15-20(16)23)26-18-10-13-27(14-11-18)19-5-3-2-4-6-19;/h2-8,15,18H,9-14H2,1H3,(H2,24,25,26);1H. The van der Waals surface area contributed by atoms with Gasteiger partial charge in [0.15, 0.2) is 5.96 Å². The topological polar surface area (TPSA) is 39.7 Å². The van der Waals surface area contributed by atoms with Gasteiger partial charge in [-0.1, -0.05) is 24.3 Å². The van der Waals surface area contributed by atoms with Gasteiger partial charge < -0.3 is 15.5 Å². The summed E-state index contributed by atoms with van der Waals surface area (Å²) < 4.78 is 26.6. The number of piperidine rings is 1. The Kier molecular flexibility index (Phi) is 8.95. The minimum atomic E-state index is -0.552. The van der Waals surface area contributed by atoms with Crippen molar-refractivity contribution in [2.24, 2.45) is 4.99 Å². The molecular weight excluding hydrogens is 473 g/mol. The van der Waals surface area contributed by atoms with Crippen molar-refractivity contribution in [1.82, 2.24) is 10.6 Å². The van der Waals surface area contributed by atoms with Crippen LogP contribution in [0.2, 0.25) is 0 Å². The lowest BCUT2D eigenvalue weighted by Crippen LogP contribution is -2.49. The molecule has 0 unspecified atom stereocenters. The van der Waals surface area contributed by atoms with E-state index in [2.05, 4.69) is 44.8 Å². The second kappa shape index (κ2) is 11.2. The number of benzene rings is 2. The first kappa shape index (κ1) is 22.4. The molecule has 2 N–H and O–H groups in total. The maximum atomic E-state index is 13.7. The second-order valence-electron chi connectivity index (χ2n) is 6.73. The average Bonchev–Trinajstić information content (AvgIpc) is 2.70. The summed E-state index contributed by atoms with van der Waals surface area (Å²) in [6, 6.07) is 14.5. The van der Waals surface area contributed by atoms with Gasteiger partial charge in [0.1, 0.15) is 11.6 Å². The van der Waals surface area contributed by atoms with Crippen molar-refractivity contribution in [1.29, 1.82) is 0 Å². The van der Waals surface area contributed by atoms with E-state index in [1.165, 1.54) is 17.8 Å². The Bertz CT molecular complexity index is 762. The Morgan fingerprint density at radius 1 is 1.11 bits per heavy atom. The number of rotatable bonds is 5. The number of guanidine groups is 1. The van der Waals surface area contributed by atoms with Gasteiger partial charge in [0.2, 0.25) is 0 Å². The van der Waals surface area contributed by atoms with E-state index in [0.29, 0.717) is 24.6 Å². The largest absolute Gasteiger partial charge is 0.371 e. The summed E-state index contributed by atoms with van der Waals surface area (Å²) in [5, 5.41) is 6.66. The normalized spacial score (nSPS) is 15.1. The molecule has 2 aromatic carbocycles. The first-order valence-electron chi connectivity index (χ1n) is 9.37. The fourth-order valence-corrected chi connectivity index (χ4v) is 3.35. The molecular formula is C21H27F2IN4. The molecule has 0 radical (unpaired) electrons. The average molecular weight is 500 g/mol. The van der Waals surface area contributed by atoms with Crippen LogP contribution in [-0.4, -0.2) is 38.7 Å². The van der Waals surface area contributed by atoms with Crippen molar-refractivity contribution in [2.75, 3.05) is 31.6 Å². The maximum Gasteiger partial charge on any atom is 0.191 e. The van der Waals surface area contributed by atoms with Gasteiger partial charge >= 0.3 is 0 Å². The zero-order valence-electron chi connectivity index (χ0n) is 16.0. The molecule has 4 nitrogen and oxygen atoms in total. The lowest BCUT2D eigenvalue weighted by Gasteiger charge is -2.34. The van der Waals surface area contributed by atoms with Crippen LogP contribution < -0.4 is 15.5 Å². The van der Waals surface area contributed by atoms with E-state index >= 15 is 0 Å². The number of halogens is 3. The molecule has 152 valence electrons. The molecule has 1 fully saturated rings. The van der Waals surface area contributed by atoms with E-state index in [9.17, 15) is 8.78 Å². The minimum Gasteiger partial charge on any atom is -0.371 e. The van der Waals surface area contributed by atoms with Gasteiger partial charge in [0.25, 0.3) is 0 Å². The van der Waals surface area contributed by atoms with Crippen LogP contribution in [0, 0.1) is 11.6 Å². The molecule has 0 aromatic heterocycles. The van der Waals surface area contributed by atoms with Crippen LogP contribution in [0.15, 0.2) is 53.5 Å². The zero-order valence-corrected chi connectivity index (χ0v) is 18.3. The van der Waals surface area contributed by atoms with Crippen LogP contribution in [0.3, 0.4) is 0 Å². The number of anilines is 1. The van der Waals surface area contributed by atoms with E-state index in [1.54, 1.807) is 7.05 Å². The van der Waals surface area contributed by atoms with Crippen molar-refractivity contribution in [3.63, 3.8) is 0 Å². The number of nitrogens with zero attached hydrogens (tertiary/aromatic N) is 2. The summed E-state index contributed by atoms with van der Waals surface area (Å²) in [7, 11) is 1.73. The van der Waals surface area contributed by atoms with Crippen molar-refractivity contribution >= 4 is 35.6 Å². The third kappa shape index (κ3) is 6.32. The molecule has 3 rings (SSSR count). The first-order valence-corrected chi connectivity index (χ1v) is 9.37. The van der Waals surface area contributed by atoms with E-state index in [-0.39, 0.29) is 24.0 Å². The van der Waals surface area contributed by atoms with Gasteiger partial charge in [-0.25, -0.2) is 8.78 Å². The molecule has 0 spiro atoms. The van der Waals surface area contributed by atoms with Crippen molar-refractivity contribution in [3.8, 4) is 0 Å². The summed E-state index contributed by atoms with van der Waals surface area (Å²) in [5.41, 5.74) is 1.76. The van der Waals surface area contributed by atoms with Gasteiger partial charge in [0, 0.05) is 44.5 Å². The number of hydrogen-bond donors (Lipinski definition) is 2.